The van der Waals surface area contributed by atoms with Crippen molar-refractivity contribution in [2.24, 2.45) is 0 Å². The van der Waals surface area contributed by atoms with E-state index in [4.69, 9.17) is 10.7 Å². The van der Waals surface area contributed by atoms with Gasteiger partial charge in [0.05, 0.1) is 4.70 Å². The SMILES string of the molecule is Cc1c(S(=O)(=O)Cl)sc2c(Br)cccc12. The van der Waals surface area contributed by atoms with Gasteiger partial charge in [0, 0.05) is 15.2 Å². The first kappa shape index (κ1) is 11.4. The first-order valence-corrected chi connectivity index (χ1v) is 7.95. The molecule has 0 bridgehead atoms. The minimum absolute atomic E-state index is 0.228. The van der Waals surface area contributed by atoms with E-state index < -0.39 is 9.05 Å². The van der Waals surface area contributed by atoms with Crippen LogP contribution in [-0.4, -0.2) is 8.42 Å². The second-order valence-corrected chi connectivity index (χ2v) is 7.71. The molecule has 80 valence electrons. The van der Waals surface area contributed by atoms with Crippen LogP contribution in [0.1, 0.15) is 5.56 Å². The molecule has 0 aliphatic heterocycles. The molecule has 15 heavy (non-hydrogen) atoms. The summed E-state index contributed by atoms with van der Waals surface area (Å²) in [5, 5.41) is 0.925. The van der Waals surface area contributed by atoms with Crippen molar-refractivity contribution in [2.75, 3.05) is 0 Å². The summed E-state index contributed by atoms with van der Waals surface area (Å²) < 4.78 is 24.6. The Morgan fingerprint density at radius 1 is 1.40 bits per heavy atom. The van der Waals surface area contributed by atoms with Gasteiger partial charge in [0.1, 0.15) is 4.21 Å². The molecule has 0 fully saturated rings. The van der Waals surface area contributed by atoms with Crippen LogP contribution in [0.25, 0.3) is 10.1 Å². The first-order chi connectivity index (χ1) is 6.91. The Morgan fingerprint density at radius 2 is 2.07 bits per heavy atom. The maximum atomic E-state index is 11.3. The second-order valence-electron chi connectivity index (χ2n) is 3.07. The quantitative estimate of drug-likeness (QED) is 0.745. The average molecular weight is 326 g/mol. The van der Waals surface area contributed by atoms with E-state index >= 15 is 0 Å². The van der Waals surface area contributed by atoms with Crippen molar-refractivity contribution < 1.29 is 8.42 Å². The summed E-state index contributed by atoms with van der Waals surface area (Å²) in [6.45, 7) is 1.76. The summed E-state index contributed by atoms with van der Waals surface area (Å²) in [5.74, 6) is 0. The Morgan fingerprint density at radius 3 is 2.60 bits per heavy atom. The number of halogens is 2. The monoisotopic (exact) mass is 324 g/mol. The van der Waals surface area contributed by atoms with Gasteiger partial charge in [-0.3, -0.25) is 0 Å². The lowest BCUT2D eigenvalue weighted by molar-refractivity contribution is 0.611. The van der Waals surface area contributed by atoms with Crippen LogP contribution >= 0.6 is 37.9 Å². The molecule has 0 aliphatic rings. The van der Waals surface area contributed by atoms with Gasteiger partial charge in [-0.25, -0.2) is 8.42 Å². The summed E-state index contributed by atoms with van der Waals surface area (Å²) in [7, 11) is 1.71. The Kier molecular flexibility index (Phi) is 2.83. The van der Waals surface area contributed by atoms with E-state index in [1.165, 1.54) is 11.3 Å². The third-order valence-corrected chi connectivity index (χ3v) is 6.55. The number of hydrogen-bond acceptors (Lipinski definition) is 3. The van der Waals surface area contributed by atoms with Crippen LogP contribution in [0.2, 0.25) is 0 Å². The third-order valence-electron chi connectivity index (χ3n) is 2.09. The minimum Gasteiger partial charge on any atom is -0.206 e. The van der Waals surface area contributed by atoms with Crippen LogP contribution < -0.4 is 0 Å². The van der Waals surface area contributed by atoms with Gasteiger partial charge in [0.25, 0.3) is 9.05 Å². The molecular weight excluding hydrogens is 320 g/mol. The van der Waals surface area contributed by atoms with E-state index in [0.29, 0.717) is 5.56 Å². The summed E-state index contributed by atoms with van der Waals surface area (Å²) in [6, 6.07) is 5.64. The zero-order valence-electron chi connectivity index (χ0n) is 7.62. The van der Waals surface area contributed by atoms with E-state index in [0.717, 1.165) is 14.6 Å². The fourth-order valence-electron chi connectivity index (χ4n) is 1.42. The molecule has 0 atom stereocenters. The van der Waals surface area contributed by atoms with Crippen LogP contribution in [0.5, 0.6) is 0 Å². The fourth-order valence-corrected chi connectivity index (χ4v) is 4.73. The minimum atomic E-state index is -3.64. The lowest BCUT2D eigenvalue weighted by Crippen LogP contribution is -1.87. The zero-order valence-corrected chi connectivity index (χ0v) is 11.6. The lowest BCUT2D eigenvalue weighted by atomic mass is 10.2. The molecule has 0 aliphatic carbocycles. The Balaban J connectivity index is 2.93. The zero-order chi connectivity index (χ0) is 11.2. The molecule has 2 rings (SSSR count). The van der Waals surface area contributed by atoms with Gasteiger partial charge in [-0.2, -0.15) is 0 Å². The van der Waals surface area contributed by atoms with Gasteiger partial charge in [0.15, 0.2) is 0 Å². The first-order valence-electron chi connectivity index (χ1n) is 4.03. The van der Waals surface area contributed by atoms with Crippen LogP contribution in [0.15, 0.2) is 26.9 Å². The molecule has 1 aromatic carbocycles. The summed E-state index contributed by atoms with van der Waals surface area (Å²) >= 11 is 4.57. The maximum absolute atomic E-state index is 11.3. The molecule has 0 N–H and O–H groups in total. The second kappa shape index (κ2) is 3.73. The van der Waals surface area contributed by atoms with E-state index in [9.17, 15) is 8.42 Å². The normalized spacial score (nSPS) is 12.2. The molecule has 0 amide bonds. The Bertz CT molecular complexity index is 631. The van der Waals surface area contributed by atoms with Gasteiger partial charge in [-0.05, 0) is 39.9 Å². The maximum Gasteiger partial charge on any atom is 0.271 e. The summed E-state index contributed by atoms with van der Waals surface area (Å²) in [6.07, 6.45) is 0. The largest absolute Gasteiger partial charge is 0.271 e. The summed E-state index contributed by atoms with van der Waals surface area (Å²) in [5.41, 5.74) is 0.714. The molecule has 0 radical (unpaired) electrons. The fraction of sp³-hybridized carbons (Fsp3) is 0.111. The molecule has 1 aromatic heterocycles. The van der Waals surface area contributed by atoms with Crippen molar-refractivity contribution in [3.63, 3.8) is 0 Å². The number of hydrogen-bond donors (Lipinski definition) is 0. The van der Waals surface area contributed by atoms with Gasteiger partial charge in [-0.15, -0.1) is 11.3 Å². The molecule has 2 nitrogen and oxygen atoms in total. The highest BCUT2D eigenvalue weighted by molar-refractivity contribution is 9.10. The van der Waals surface area contributed by atoms with Crippen molar-refractivity contribution >= 4 is 57.1 Å². The lowest BCUT2D eigenvalue weighted by Gasteiger charge is -1.93. The summed E-state index contributed by atoms with van der Waals surface area (Å²) in [4.78, 5) is 0. The number of fused-ring (bicyclic) bond motifs is 1. The third kappa shape index (κ3) is 1.93. The van der Waals surface area contributed by atoms with Gasteiger partial charge in [0.2, 0.25) is 0 Å². The molecule has 0 saturated carbocycles. The molecule has 6 heteroatoms. The predicted octanol–water partition coefficient (Wildman–Crippen LogP) is 3.90. The average Bonchev–Trinajstić information content (AvgIpc) is 2.45. The van der Waals surface area contributed by atoms with Crippen LogP contribution in [0, 0.1) is 6.92 Å². The number of aryl methyl sites for hydroxylation is 1. The van der Waals surface area contributed by atoms with Crippen molar-refractivity contribution in [3.05, 3.63) is 28.2 Å². The number of benzene rings is 1. The van der Waals surface area contributed by atoms with E-state index in [2.05, 4.69) is 15.9 Å². The van der Waals surface area contributed by atoms with Gasteiger partial charge in [-0.1, -0.05) is 12.1 Å². The van der Waals surface area contributed by atoms with Crippen LogP contribution in [0.4, 0.5) is 0 Å². The van der Waals surface area contributed by atoms with Gasteiger partial charge < -0.3 is 0 Å². The van der Waals surface area contributed by atoms with E-state index in [-0.39, 0.29) is 4.21 Å². The standard InChI is InChI=1S/C9H6BrClO2S2/c1-5-6-3-2-4-7(10)8(6)14-9(5)15(11,12)13/h2-4H,1H3. The number of thiophene rings is 1. The van der Waals surface area contributed by atoms with Crippen molar-refractivity contribution in [1.82, 2.24) is 0 Å². The predicted molar refractivity (Wildman–Crippen MR) is 67.3 cm³/mol. The molecule has 0 spiro atoms. The van der Waals surface area contributed by atoms with Crippen molar-refractivity contribution in [2.45, 2.75) is 11.1 Å². The molecule has 1 heterocycles. The molecular formula is C9H6BrClO2S2. The van der Waals surface area contributed by atoms with Crippen LogP contribution in [0.3, 0.4) is 0 Å². The smallest absolute Gasteiger partial charge is 0.206 e. The molecule has 2 aromatic rings. The highest BCUT2D eigenvalue weighted by Gasteiger charge is 2.19. The number of rotatable bonds is 1. The Hall–Kier alpha value is -0.100. The highest BCUT2D eigenvalue weighted by atomic mass is 79.9. The molecule has 0 saturated heterocycles. The van der Waals surface area contributed by atoms with E-state index in [1.807, 2.05) is 18.2 Å². The van der Waals surface area contributed by atoms with Crippen molar-refractivity contribution in [3.8, 4) is 0 Å². The van der Waals surface area contributed by atoms with Gasteiger partial charge >= 0.3 is 0 Å². The van der Waals surface area contributed by atoms with Crippen molar-refractivity contribution in [1.29, 1.82) is 0 Å². The van der Waals surface area contributed by atoms with E-state index in [1.54, 1.807) is 6.92 Å². The topological polar surface area (TPSA) is 34.1 Å². The highest BCUT2D eigenvalue weighted by Crippen LogP contribution is 2.39. The molecule has 0 unspecified atom stereocenters. The Labute approximate surface area is 104 Å². The van der Waals surface area contributed by atoms with Crippen LogP contribution in [-0.2, 0) is 9.05 Å².